The van der Waals surface area contributed by atoms with Crippen LogP contribution in [0.25, 0.3) is 0 Å². The first-order valence-corrected chi connectivity index (χ1v) is 14.0. The molecule has 1 fully saturated rings. The molecule has 0 aromatic heterocycles. The van der Waals surface area contributed by atoms with E-state index in [9.17, 15) is 4.79 Å². The van der Waals surface area contributed by atoms with Gasteiger partial charge in [-0.15, -0.1) is 6.58 Å². The fourth-order valence-corrected chi connectivity index (χ4v) is 4.34. The number of carbonyl (C=O) groups is 1. The Morgan fingerprint density at radius 3 is 2.33 bits per heavy atom. The highest BCUT2D eigenvalue weighted by Crippen LogP contribution is 2.41. The van der Waals surface area contributed by atoms with Gasteiger partial charge < -0.3 is 23.4 Å². The van der Waals surface area contributed by atoms with E-state index in [0.717, 1.165) is 5.57 Å². The molecule has 7 heteroatoms. The Morgan fingerprint density at radius 2 is 1.83 bits per heavy atom. The van der Waals surface area contributed by atoms with Crippen molar-refractivity contribution in [3.63, 3.8) is 0 Å². The molecule has 172 valence electrons. The van der Waals surface area contributed by atoms with Gasteiger partial charge in [-0.2, -0.15) is 0 Å². The van der Waals surface area contributed by atoms with Gasteiger partial charge >= 0.3 is 11.9 Å². The van der Waals surface area contributed by atoms with Crippen molar-refractivity contribution >= 4 is 14.3 Å². The molecule has 2 atom stereocenters. The summed E-state index contributed by atoms with van der Waals surface area (Å²) in [6, 6.07) is 0. The third-order valence-electron chi connectivity index (χ3n) is 4.66. The van der Waals surface area contributed by atoms with Crippen LogP contribution in [0, 0.1) is 5.92 Å². The summed E-state index contributed by atoms with van der Waals surface area (Å²) in [5.74, 6) is -0.666. The summed E-state index contributed by atoms with van der Waals surface area (Å²) in [5, 5.41) is 0. The Labute approximate surface area is 183 Å². The van der Waals surface area contributed by atoms with Crippen LogP contribution < -0.4 is 0 Å². The maximum Gasteiger partial charge on any atom is 0.313 e. The van der Waals surface area contributed by atoms with Crippen molar-refractivity contribution in [2.24, 2.45) is 5.92 Å². The average Bonchev–Trinajstić information content (AvgIpc) is 2.56. The van der Waals surface area contributed by atoms with E-state index >= 15 is 0 Å². The van der Waals surface area contributed by atoms with Gasteiger partial charge in [0.15, 0.2) is 5.79 Å². The topological polar surface area (TPSA) is 63.2 Å². The number of ether oxygens (including phenoxy) is 4. The van der Waals surface area contributed by atoms with Gasteiger partial charge in [0.05, 0.1) is 25.4 Å². The molecule has 0 amide bonds. The predicted molar refractivity (Wildman–Crippen MR) is 120 cm³/mol. The second kappa shape index (κ2) is 10.7. The zero-order valence-corrected chi connectivity index (χ0v) is 21.2. The van der Waals surface area contributed by atoms with Crippen LogP contribution >= 0.6 is 0 Å². The zero-order chi connectivity index (χ0) is 23.2. The van der Waals surface area contributed by atoms with E-state index in [0.29, 0.717) is 25.4 Å². The number of carbonyl (C=O) groups excluding carboxylic acids is 1. The van der Waals surface area contributed by atoms with Crippen molar-refractivity contribution in [3.8, 4) is 0 Å². The second-order valence-corrected chi connectivity index (χ2v) is 13.9. The number of hydrogen-bond acceptors (Lipinski definition) is 6. The molecule has 1 aliphatic rings. The maximum absolute atomic E-state index is 11.8. The Hall–Kier alpha value is -1.53. The molecule has 0 bridgehead atoms. The quantitative estimate of drug-likeness (QED) is 0.151. The first-order valence-electron chi connectivity index (χ1n) is 10.6. The van der Waals surface area contributed by atoms with Crippen molar-refractivity contribution in [2.45, 2.75) is 91.0 Å². The summed E-state index contributed by atoms with van der Waals surface area (Å²) in [4.78, 5) is 11.8. The molecule has 0 aromatic rings. The van der Waals surface area contributed by atoms with E-state index < -0.39 is 19.7 Å². The lowest BCUT2D eigenvalue weighted by molar-refractivity contribution is -0.340. The van der Waals surface area contributed by atoms with Crippen molar-refractivity contribution in [1.82, 2.24) is 0 Å². The summed E-state index contributed by atoms with van der Waals surface area (Å²) in [7, 11) is -0.501. The second-order valence-electron chi connectivity index (χ2n) is 9.47. The van der Waals surface area contributed by atoms with E-state index in [2.05, 4.69) is 32.0 Å². The van der Waals surface area contributed by atoms with Crippen molar-refractivity contribution in [1.29, 1.82) is 0 Å². The van der Waals surface area contributed by atoms with E-state index in [1.807, 2.05) is 40.7 Å². The minimum Gasteiger partial charge on any atom is -0.514 e. The van der Waals surface area contributed by atoms with Crippen molar-refractivity contribution < 1.29 is 28.2 Å². The summed E-state index contributed by atoms with van der Waals surface area (Å²) in [6.45, 7) is 20.5. The number of hydrogen-bond donors (Lipinski definition) is 0. The molecule has 0 saturated carbocycles. The van der Waals surface area contributed by atoms with E-state index in [4.69, 9.17) is 23.4 Å². The predicted octanol–water partition coefficient (Wildman–Crippen LogP) is 5.32. The first kappa shape index (κ1) is 26.5. The van der Waals surface area contributed by atoms with E-state index in [1.165, 1.54) is 7.11 Å². The fourth-order valence-electron chi connectivity index (χ4n) is 3.67. The lowest BCUT2D eigenvalue weighted by Gasteiger charge is -2.50. The van der Waals surface area contributed by atoms with Crippen LogP contribution in [0.15, 0.2) is 29.9 Å². The minimum absolute atomic E-state index is 0.0334. The highest BCUT2D eigenvalue weighted by Gasteiger charge is 2.46. The van der Waals surface area contributed by atoms with Gasteiger partial charge in [0.2, 0.25) is 8.32 Å². The highest BCUT2D eigenvalue weighted by atomic mass is 28.4. The van der Waals surface area contributed by atoms with Crippen LogP contribution in [0.1, 0.15) is 53.9 Å². The van der Waals surface area contributed by atoms with Crippen molar-refractivity contribution in [3.05, 3.63) is 29.9 Å². The summed E-state index contributed by atoms with van der Waals surface area (Å²) in [6.07, 6.45) is 2.97. The Kier molecular flexibility index (Phi) is 9.42. The Morgan fingerprint density at radius 1 is 1.20 bits per heavy atom. The van der Waals surface area contributed by atoms with Gasteiger partial charge in [-0.25, -0.2) is 0 Å². The third-order valence-corrected chi connectivity index (χ3v) is 5.46. The Bertz CT molecular complexity index is 668. The standard InChI is InChI=1S/C23H40O6Si/c1-11-18-19(27-23(5,6)29-22(18,3)4)15-17(13-14-20(24)25-7)16-21(26-12-2)28-30(8,9)10/h11,18-19H,1,12-15H2,2-10H3/t16?,18-,19-/m0/s1. The van der Waals surface area contributed by atoms with Crippen LogP contribution in [-0.4, -0.2) is 45.5 Å². The van der Waals surface area contributed by atoms with E-state index in [-0.39, 0.29) is 24.4 Å². The van der Waals surface area contributed by atoms with Crippen LogP contribution in [0.4, 0.5) is 0 Å². The van der Waals surface area contributed by atoms with Gasteiger partial charge in [0.25, 0.3) is 0 Å². The molecule has 0 unspecified atom stereocenters. The summed E-state index contributed by atoms with van der Waals surface area (Å²) < 4.78 is 29.0. The third kappa shape index (κ3) is 8.68. The van der Waals surface area contributed by atoms with Crippen LogP contribution in [0.5, 0.6) is 0 Å². The van der Waals surface area contributed by atoms with Gasteiger partial charge in [-0.1, -0.05) is 6.08 Å². The molecule has 0 aromatic carbocycles. The molecule has 1 rings (SSSR count). The molecular weight excluding hydrogens is 400 g/mol. The normalized spacial score (nSPS) is 22.4. The molecule has 0 N–H and O–H groups in total. The molecule has 6 nitrogen and oxygen atoms in total. The molecule has 0 radical (unpaired) electrons. The molecule has 1 heterocycles. The fraction of sp³-hybridized carbons (Fsp3) is 0.739. The van der Waals surface area contributed by atoms with E-state index in [1.54, 1.807) is 0 Å². The monoisotopic (exact) mass is 440 g/mol. The molecule has 1 saturated heterocycles. The lowest BCUT2D eigenvalue weighted by atomic mass is 9.81. The smallest absolute Gasteiger partial charge is 0.313 e. The van der Waals surface area contributed by atoms with Crippen LogP contribution in [-0.2, 0) is 28.2 Å². The maximum atomic E-state index is 11.8. The summed E-state index contributed by atoms with van der Waals surface area (Å²) >= 11 is 0. The first-order chi connectivity index (χ1) is 13.7. The minimum atomic E-state index is -1.89. The van der Waals surface area contributed by atoms with Gasteiger partial charge in [0, 0.05) is 18.8 Å². The van der Waals surface area contributed by atoms with Crippen molar-refractivity contribution in [2.75, 3.05) is 13.7 Å². The van der Waals surface area contributed by atoms with Crippen LogP contribution in [0.2, 0.25) is 19.6 Å². The van der Waals surface area contributed by atoms with Gasteiger partial charge in [-0.3, -0.25) is 4.79 Å². The Balaban J connectivity index is 3.33. The molecule has 0 spiro atoms. The zero-order valence-electron chi connectivity index (χ0n) is 20.2. The van der Waals surface area contributed by atoms with Gasteiger partial charge in [0.1, 0.15) is 0 Å². The highest BCUT2D eigenvalue weighted by molar-refractivity contribution is 6.69. The van der Waals surface area contributed by atoms with Crippen LogP contribution in [0.3, 0.4) is 0 Å². The molecular formula is C23H40O6Si. The van der Waals surface area contributed by atoms with Gasteiger partial charge in [-0.05, 0) is 72.0 Å². The number of esters is 1. The largest absolute Gasteiger partial charge is 0.514 e. The molecule has 1 aliphatic heterocycles. The summed E-state index contributed by atoms with van der Waals surface area (Å²) in [5.41, 5.74) is 3.74. The molecule has 30 heavy (non-hydrogen) atoms. The number of methoxy groups -OCH3 is 1. The lowest BCUT2D eigenvalue weighted by Crippen LogP contribution is -2.55. The SMILES string of the molecule is C=C[C@H]1[C@H](CC(=C=C(OCC)O[Si](C)(C)C)CCC(=O)OC)OC(C)(C)OC1(C)C. The average molecular weight is 441 g/mol. The molecule has 0 aliphatic carbocycles. The number of rotatable bonds is 10.